The zero-order valence-electron chi connectivity index (χ0n) is 10.4. The van der Waals surface area contributed by atoms with E-state index in [9.17, 15) is 4.79 Å². The van der Waals surface area contributed by atoms with Crippen molar-refractivity contribution in [2.45, 2.75) is 26.2 Å². The average Bonchev–Trinajstić information content (AvgIpc) is 2.30. The summed E-state index contributed by atoms with van der Waals surface area (Å²) >= 11 is 0. The Labute approximate surface area is 102 Å². The van der Waals surface area contributed by atoms with E-state index < -0.39 is 5.97 Å². The minimum Gasteiger partial charge on any atom is -0.478 e. The first kappa shape index (κ1) is 12.1. The van der Waals surface area contributed by atoms with Gasteiger partial charge in [-0.25, -0.2) is 4.79 Å². The maximum atomic E-state index is 11.1. The molecule has 0 spiro atoms. The zero-order chi connectivity index (χ0) is 12.4. The fourth-order valence-electron chi connectivity index (χ4n) is 2.61. The summed E-state index contributed by atoms with van der Waals surface area (Å²) in [6.45, 7) is 6.10. The van der Waals surface area contributed by atoms with Gasteiger partial charge in [0.2, 0.25) is 0 Å². The first-order chi connectivity index (χ1) is 8.09. The van der Waals surface area contributed by atoms with E-state index in [-0.39, 0.29) is 0 Å². The number of piperidine rings is 1. The number of rotatable bonds is 2. The molecule has 0 amide bonds. The van der Waals surface area contributed by atoms with Crippen LogP contribution in [0.15, 0.2) is 18.2 Å². The van der Waals surface area contributed by atoms with Gasteiger partial charge in [-0.1, -0.05) is 19.1 Å². The highest BCUT2D eigenvalue weighted by Gasteiger charge is 2.23. The summed E-state index contributed by atoms with van der Waals surface area (Å²) in [5.74, 6) is 0.217. The normalized spacial score (nSPS) is 24.6. The molecule has 0 aliphatic carbocycles. The van der Waals surface area contributed by atoms with Gasteiger partial charge in [0.1, 0.15) is 0 Å². The van der Waals surface area contributed by atoms with E-state index in [4.69, 9.17) is 5.11 Å². The van der Waals surface area contributed by atoms with Crippen LogP contribution in [0.5, 0.6) is 0 Å². The predicted molar refractivity (Wildman–Crippen MR) is 67.5 cm³/mol. The summed E-state index contributed by atoms with van der Waals surface area (Å²) in [6, 6.07) is 5.85. The van der Waals surface area contributed by atoms with Gasteiger partial charge in [-0.15, -0.1) is 0 Å². The van der Waals surface area contributed by atoms with Gasteiger partial charge in [0.25, 0.3) is 0 Å². The lowest BCUT2D eigenvalue weighted by molar-refractivity contribution is 0.0696. The molecule has 0 saturated carbocycles. The second-order valence-corrected chi connectivity index (χ2v) is 4.96. The van der Waals surface area contributed by atoms with Crippen molar-refractivity contribution >= 4 is 5.97 Å². The third-order valence-corrected chi connectivity index (χ3v) is 3.71. The summed E-state index contributed by atoms with van der Waals surface area (Å²) in [5.41, 5.74) is 2.44. The summed E-state index contributed by atoms with van der Waals surface area (Å²) in [5, 5.41) is 12.5. The standard InChI is InChI=1S/C14H19NO2/c1-9-3-4-11(7-13(9)14(16)17)12-5-6-15-8-10(12)2/h3-4,7,10,12,15H,5-6,8H2,1-2H3,(H,16,17)/t10-,12+/m0/s1. The van der Waals surface area contributed by atoms with Gasteiger partial charge in [0.05, 0.1) is 5.56 Å². The molecule has 3 nitrogen and oxygen atoms in total. The molecule has 0 aromatic heterocycles. The topological polar surface area (TPSA) is 49.3 Å². The number of carboxylic acids is 1. The van der Waals surface area contributed by atoms with Gasteiger partial charge in [-0.2, -0.15) is 0 Å². The molecule has 1 aliphatic rings. The smallest absolute Gasteiger partial charge is 0.335 e. The van der Waals surface area contributed by atoms with E-state index in [1.807, 2.05) is 19.1 Å². The van der Waals surface area contributed by atoms with Gasteiger partial charge in [-0.3, -0.25) is 0 Å². The number of hydrogen-bond acceptors (Lipinski definition) is 2. The molecule has 1 aromatic carbocycles. The molecule has 1 fully saturated rings. The molecule has 1 aromatic rings. The van der Waals surface area contributed by atoms with Crippen LogP contribution in [-0.4, -0.2) is 24.2 Å². The second-order valence-electron chi connectivity index (χ2n) is 4.96. The zero-order valence-corrected chi connectivity index (χ0v) is 10.4. The van der Waals surface area contributed by atoms with Crippen molar-refractivity contribution in [3.8, 4) is 0 Å². The number of carbonyl (C=O) groups is 1. The van der Waals surface area contributed by atoms with Crippen LogP contribution in [0.4, 0.5) is 0 Å². The molecular formula is C14H19NO2. The first-order valence-corrected chi connectivity index (χ1v) is 6.14. The van der Waals surface area contributed by atoms with E-state index in [0.29, 0.717) is 17.4 Å². The number of carboxylic acid groups (broad SMARTS) is 1. The number of benzene rings is 1. The van der Waals surface area contributed by atoms with E-state index in [2.05, 4.69) is 18.3 Å². The molecule has 0 bridgehead atoms. The average molecular weight is 233 g/mol. The fraction of sp³-hybridized carbons (Fsp3) is 0.500. The van der Waals surface area contributed by atoms with E-state index >= 15 is 0 Å². The van der Waals surface area contributed by atoms with E-state index in [1.54, 1.807) is 0 Å². The van der Waals surface area contributed by atoms with Gasteiger partial charge >= 0.3 is 5.97 Å². The third-order valence-electron chi connectivity index (χ3n) is 3.71. The van der Waals surface area contributed by atoms with E-state index in [1.165, 1.54) is 5.56 Å². The molecule has 2 N–H and O–H groups in total. The molecule has 1 saturated heterocycles. The molecule has 3 heteroatoms. The molecule has 2 rings (SSSR count). The SMILES string of the molecule is Cc1ccc([C@@H]2CCNC[C@@H]2C)cc1C(=O)O. The maximum Gasteiger partial charge on any atom is 0.335 e. The fourth-order valence-corrected chi connectivity index (χ4v) is 2.61. The molecule has 17 heavy (non-hydrogen) atoms. The van der Waals surface area contributed by atoms with Crippen molar-refractivity contribution in [2.24, 2.45) is 5.92 Å². The summed E-state index contributed by atoms with van der Waals surface area (Å²) in [4.78, 5) is 11.1. The van der Waals surface area contributed by atoms with Crippen molar-refractivity contribution in [3.05, 3.63) is 34.9 Å². The largest absolute Gasteiger partial charge is 0.478 e. The van der Waals surface area contributed by atoms with Crippen LogP contribution in [0.2, 0.25) is 0 Å². The molecule has 1 heterocycles. The molecule has 0 unspecified atom stereocenters. The Morgan fingerprint density at radius 3 is 2.88 bits per heavy atom. The van der Waals surface area contributed by atoms with Crippen molar-refractivity contribution in [1.29, 1.82) is 0 Å². The highest BCUT2D eigenvalue weighted by Crippen LogP contribution is 2.31. The highest BCUT2D eigenvalue weighted by atomic mass is 16.4. The summed E-state index contributed by atoms with van der Waals surface area (Å²) < 4.78 is 0. The Hall–Kier alpha value is -1.35. The van der Waals surface area contributed by atoms with Crippen LogP contribution in [0.1, 0.15) is 40.7 Å². The Kier molecular flexibility index (Phi) is 3.48. The van der Waals surface area contributed by atoms with Crippen molar-refractivity contribution in [3.63, 3.8) is 0 Å². The van der Waals surface area contributed by atoms with Gasteiger partial charge in [0, 0.05) is 0 Å². The quantitative estimate of drug-likeness (QED) is 0.824. The van der Waals surface area contributed by atoms with Gasteiger partial charge < -0.3 is 10.4 Å². The maximum absolute atomic E-state index is 11.1. The van der Waals surface area contributed by atoms with Crippen LogP contribution in [-0.2, 0) is 0 Å². The lowest BCUT2D eigenvalue weighted by atomic mass is 9.81. The lowest BCUT2D eigenvalue weighted by Crippen LogP contribution is -2.33. The van der Waals surface area contributed by atoms with Crippen molar-refractivity contribution < 1.29 is 9.90 Å². The van der Waals surface area contributed by atoms with E-state index in [0.717, 1.165) is 25.1 Å². The van der Waals surface area contributed by atoms with Gasteiger partial charge in [-0.05, 0) is 55.5 Å². The summed E-state index contributed by atoms with van der Waals surface area (Å²) in [6.07, 6.45) is 1.09. The van der Waals surface area contributed by atoms with Crippen molar-refractivity contribution in [1.82, 2.24) is 5.32 Å². The first-order valence-electron chi connectivity index (χ1n) is 6.14. The molecule has 2 atom stereocenters. The van der Waals surface area contributed by atoms with Crippen LogP contribution in [0.3, 0.4) is 0 Å². The molecule has 1 aliphatic heterocycles. The molecule has 92 valence electrons. The number of aromatic carboxylic acids is 1. The van der Waals surface area contributed by atoms with Crippen LogP contribution in [0.25, 0.3) is 0 Å². The monoisotopic (exact) mass is 233 g/mol. The van der Waals surface area contributed by atoms with Crippen LogP contribution in [0, 0.1) is 12.8 Å². The highest BCUT2D eigenvalue weighted by molar-refractivity contribution is 5.89. The Morgan fingerprint density at radius 2 is 2.24 bits per heavy atom. The minimum absolute atomic E-state index is 0.438. The Balaban J connectivity index is 2.32. The second kappa shape index (κ2) is 4.88. The Bertz CT molecular complexity index is 428. The predicted octanol–water partition coefficient (Wildman–Crippen LogP) is 2.41. The van der Waals surface area contributed by atoms with Crippen LogP contribution < -0.4 is 5.32 Å². The molecule has 0 radical (unpaired) electrons. The summed E-state index contributed by atoms with van der Waals surface area (Å²) in [7, 11) is 0. The Morgan fingerprint density at radius 1 is 1.47 bits per heavy atom. The van der Waals surface area contributed by atoms with Crippen LogP contribution >= 0.6 is 0 Å². The third kappa shape index (κ3) is 2.50. The van der Waals surface area contributed by atoms with Crippen molar-refractivity contribution in [2.75, 3.05) is 13.1 Å². The van der Waals surface area contributed by atoms with Gasteiger partial charge in [0.15, 0.2) is 0 Å². The number of hydrogen-bond donors (Lipinski definition) is 2. The lowest BCUT2D eigenvalue weighted by Gasteiger charge is -2.30. The number of aryl methyl sites for hydroxylation is 1. The minimum atomic E-state index is -0.828. The molecular weight excluding hydrogens is 214 g/mol. The number of nitrogens with one attached hydrogen (secondary N) is 1.